The molecule has 1 heterocycles. The SMILES string of the molecule is N#Cc1cc(Cl)nc(Nc2cccc3c2CCCC3)c1. The number of pyridine rings is 1. The van der Waals surface area contributed by atoms with Crippen molar-refractivity contribution in [3.8, 4) is 6.07 Å². The standard InChI is InChI=1S/C16H14ClN3/c17-15-8-11(10-18)9-16(20-15)19-14-7-3-5-12-4-1-2-6-13(12)14/h3,5,7-9H,1-2,4,6H2,(H,19,20). The minimum Gasteiger partial charge on any atom is -0.340 e. The van der Waals surface area contributed by atoms with Gasteiger partial charge in [0.1, 0.15) is 11.0 Å². The molecule has 0 unspecified atom stereocenters. The number of nitrogens with zero attached hydrogens (tertiary/aromatic N) is 2. The van der Waals surface area contributed by atoms with Crippen molar-refractivity contribution in [1.29, 1.82) is 5.26 Å². The number of benzene rings is 1. The van der Waals surface area contributed by atoms with E-state index in [1.54, 1.807) is 12.1 Å². The topological polar surface area (TPSA) is 48.7 Å². The van der Waals surface area contributed by atoms with Crippen LogP contribution in [0.15, 0.2) is 30.3 Å². The second-order valence-electron chi connectivity index (χ2n) is 4.95. The lowest BCUT2D eigenvalue weighted by atomic mass is 9.90. The maximum absolute atomic E-state index is 8.98. The Bertz CT molecular complexity index is 689. The highest BCUT2D eigenvalue weighted by Crippen LogP contribution is 2.30. The van der Waals surface area contributed by atoms with Crippen LogP contribution in [-0.4, -0.2) is 4.98 Å². The van der Waals surface area contributed by atoms with E-state index < -0.39 is 0 Å². The van der Waals surface area contributed by atoms with E-state index in [-0.39, 0.29) is 0 Å². The Labute approximate surface area is 123 Å². The molecule has 20 heavy (non-hydrogen) atoms. The number of aryl methyl sites for hydroxylation is 1. The largest absolute Gasteiger partial charge is 0.340 e. The predicted molar refractivity (Wildman–Crippen MR) is 80.3 cm³/mol. The number of hydrogen-bond acceptors (Lipinski definition) is 3. The van der Waals surface area contributed by atoms with Gasteiger partial charge in [-0.15, -0.1) is 0 Å². The van der Waals surface area contributed by atoms with Gasteiger partial charge in [-0.1, -0.05) is 23.7 Å². The first-order chi connectivity index (χ1) is 9.76. The number of anilines is 2. The highest BCUT2D eigenvalue weighted by Gasteiger charge is 2.13. The molecule has 1 aliphatic carbocycles. The summed E-state index contributed by atoms with van der Waals surface area (Å²) < 4.78 is 0. The molecule has 100 valence electrons. The monoisotopic (exact) mass is 283 g/mol. The third kappa shape index (κ3) is 2.61. The predicted octanol–water partition coefficient (Wildman–Crippen LogP) is 4.23. The van der Waals surface area contributed by atoms with Crippen molar-refractivity contribution in [2.75, 3.05) is 5.32 Å². The van der Waals surface area contributed by atoms with E-state index in [0.717, 1.165) is 18.5 Å². The van der Waals surface area contributed by atoms with Crippen molar-refractivity contribution in [1.82, 2.24) is 4.98 Å². The third-order valence-electron chi connectivity index (χ3n) is 3.58. The average Bonchev–Trinajstić information content (AvgIpc) is 2.47. The van der Waals surface area contributed by atoms with E-state index in [1.807, 2.05) is 0 Å². The van der Waals surface area contributed by atoms with Gasteiger partial charge in [-0.25, -0.2) is 4.98 Å². The second-order valence-corrected chi connectivity index (χ2v) is 5.34. The molecule has 1 aromatic heterocycles. The van der Waals surface area contributed by atoms with Gasteiger partial charge in [0, 0.05) is 5.69 Å². The molecule has 0 radical (unpaired) electrons. The first kappa shape index (κ1) is 13.0. The van der Waals surface area contributed by atoms with Crippen molar-refractivity contribution >= 4 is 23.1 Å². The molecule has 0 fully saturated rings. The molecule has 0 spiro atoms. The lowest BCUT2D eigenvalue weighted by molar-refractivity contribution is 0.687. The number of nitriles is 1. The summed E-state index contributed by atoms with van der Waals surface area (Å²) in [6, 6.07) is 11.7. The van der Waals surface area contributed by atoms with Gasteiger partial charge >= 0.3 is 0 Å². The molecule has 0 aliphatic heterocycles. The van der Waals surface area contributed by atoms with E-state index in [0.29, 0.717) is 16.5 Å². The summed E-state index contributed by atoms with van der Waals surface area (Å²) in [4.78, 5) is 4.23. The highest BCUT2D eigenvalue weighted by molar-refractivity contribution is 6.29. The third-order valence-corrected chi connectivity index (χ3v) is 3.78. The van der Waals surface area contributed by atoms with Crippen LogP contribution in [0.1, 0.15) is 29.5 Å². The smallest absolute Gasteiger partial charge is 0.133 e. The number of fused-ring (bicyclic) bond motifs is 1. The zero-order chi connectivity index (χ0) is 13.9. The fraction of sp³-hybridized carbons (Fsp3) is 0.250. The molecular formula is C16H14ClN3. The van der Waals surface area contributed by atoms with Gasteiger partial charge in [0.05, 0.1) is 11.6 Å². The Hall–Kier alpha value is -2.05. The van der Waals surface area contributed by atoms with E-state index in [1.165, 1.54) is 24.0 Å². The molecular weight excluding hydrogens is 270 g/mol. The van der Waals surface area contributed by atoms with Crippen LogP contribution in [-0.2, 0) is 12.8 Å². The fourth-order valence-corrected chi connectivity index (χ4v) is 2.87. The van der Waals surface area contributed by atoms with Gasteiger partial charge in [0.25, 0.3) is 0 Å². The summed E-state index contributed by atoms with van der Waals surface area (Å²) in [5, 5.41) is 12.6. The Morgan fingerprint density at radius 3 is 2.90 bits per heavy atom. The second kappa shape index (κ2) is 5.52. The lowest BCUT2D eigenvalue weighted by Gasteiger charge is -2.20. The summed E-state index contributed by atoms with van der Waals surface area (Å²) in [6.07, 6.45) is 4.70. The van der Waals surface area contributed by atoms with Crippen LogP contribution in [0.4, 0.5) is 11.5 Å². The average molecular weight is 284 g/mol. The number of rotatable bonds is 2. The summed E-state index contributed by atoms with van der Waals surface area (Å²) in [6.45, 7) is 0. The lowest BCUT2D eigenvalue weighted by Crippen LogP contribution is -2.06. The van der Waals surface area contributed by atoms with Crippen molar-refractivity contribution < 1.29 is 0 Å². The summed E-state index contributed by atoms with van der Waals surface area (Å²) >= 11 is 5.94. The van der Waals surface area contributed by atoms with Crippen LogP contribution in [0.2, 0.25) is 5.15 Å². The molecule has 0 atom stereocenters. The van der Waals surface area contributed by atoms with Gasteiger partial charge in [-0.3, -0.25) is 0 Å². The summed E-state index contributed by atoms with van der Waals surface area (Å²) in [7, 11) is 0. The van der Waals surface area contributed by atoms with Gasteiger partial charge < -0.3 is 5.32 Å². The normalized spacial score (nSPS) is 13.4. The van der Waals surface area contributed by atoms with Crippen molar-refractivity contribution in [2.45, 2.75) is 25.7 Å². The van der Waals surface area contributed by atoms with Crippen LogP contribution in [0, 0.1) is 11.3 Å². The van der Waals surface area contributed by atoms with E-state index >= 15 is 0 Å². The van der Waals surface area contributed by atoms with Crippen LogP contribution in [0.25, 0.3) is 0 Å². The number of hydrogen-bond donors (Lipinski definition) is 1. The Kier molecular flexibility index (Phi) is 3.58. The molecule has 0 amide bonds. The minimum atomic E-state index is 0.330. The zero-order valence-corrected chi connectivity index (χ0v) is 11.7. The molecule has 1 N–H and O–H groups in total. The molecule has 4 heteroatoms. The van der Waals surface area contributed by atoms with Crippen LogP contribution >= 0.6 is 11.6 Å². The molecule has 3 nitrogen and oxygen atoms in total. The molecule has 1 aromatic carbocycles. The number of halogens is 1. The van der Waals surface area contributed by atoms with Crippen LogP contribution in [0.5, 0.6) is 0 Å². The maximum Gasteiger partial charge on any atom is 0.133 e. The van der Waals surface area contributed by atoms with Gasteiger partial charge in [0.2, 0.25) is 0 Å². The first-order valence-corrected chi connectivity index (χ1v) is 7.09. The quantitative estimate of drug-likeness (QED) is 0.839. The highest BCUT2D eigenvalue weighted by atomic mass is 35.5. The van der Waals surface area contributed by atoms with Gasteiger partial charge in [-0.05, 0) is 55.0 Å². The number of aromatic nitrogens is 1. The number of nitrogens with one attached hydrogen (secondary N) is 1. The Balaban J connectivity index is 1.96. The Morgan fingerprint density at radius 1 is 1.20 bits per heavy atom. The Morgan fingerprint density at radius 2 is 2.05 bits per heavy atom. The minimum absolute atomic E-state index is 0.330. The maximum atomic E-state index is 8.98. The molecule has 3 rings (SSSR count). The molecule has 0 bridgehead atoms. The van der Waals surface area contributed by atoms with Crippen molar-refractivity contribution in [3.63, 3.8) is 0 Å². The van der Waals surface area contributed by atoms with Crippen molar-refractivity contribution in [3.05, 3.63) is 52.2 Å². The molecule has 2 aromatic rings. The zero-order valence-electron chi connectivity index (χ0n) is 11.0. The first-order valence-electron chi connectivity index (χ1n) is 6.72. The van der Waals surface area contributed by atoms with Crippen molar-refractivity contribution in [2.24, 2.45) is 0 Å². The summed E-state index contributed by atoms with van der Waals surface area (Å²) in [5.41, 5.74) is 4.35. The van der Waals surface area contributed by atoms with E-state index in [2.05, 4.69) is 34.6 Å². The van der Waals surface area contributed by atoms with Crippen LogP contribution in [0.3, 0.4) is 0 Å². The van der Waals surface area contributed by atoms with Crippen LogP contribution < -0.4 is 5.32 Å². The van der Waals surface area contributed by atoms with Gasteiger partial charge in [-0.2, -0.15) is 5.26 Å². The van der Waals surface area contributed by atoms with E-state index in [4.69, 9.17) is 16.9 Å². The summed E-state index contributed by atoms with van der Waals surface area (Å²) in [5.74, 6) is 0.619. The molecule has 0 saturated carbocycles. The van der Waals surface area contributed by atoms with E-state index in [9.17, 15) is 0 Å². The molecule has 1 aliphatic rings. The van der Waals surface area contributed by atoms with Gasteiger partial charge in [0.15, 0.2) is 0 Å². The fourth-order valence-electron chi connectivity index (χ4n) is 2.66. The molecule has 0 saturated heterocycles.